The van der Waals surface area contributed by atoms with Crippen molar-refractivity contribution in [2.75, 3.05) is 19.8 Å². The van der Waals surface area contributed by atoms with Crippen molar-refractivity contribution in [3.05, 3.63) is 15.8 Å². The van der Waals surface area contributed by atoms with Crippen LogP contribution in [0.15, 0.2) is 11.0 Å². The number of nitrogens with one attached hydrogen (secondary N) is 1. The highest BCUT2D eigenvalue weighted by atomic mass is 32.2. The first-order valence-corrected chi connectivity index (χ1v) is 7.54. The van der Waals surface area contributed by atoms with Crippen LogP contribution in [0.3, 0.4) is 0 Å². The summed E-state index contributed by atoms with van der Waals surface area (Å²) >= 11 is 1.34. The van der Waals surface area contributed by atoms with Gasteiger partial charge in [-0.25, -0.2) is 8.42 Å². The Morgan fingerprint density at radius 1 is 1.22 bits per heavy atom. The number of hydrogen-bond donors (Lipinski definition) is 4. The van der Waals surface area contributed by atoms with E-state index in [-0.39, 0.29) is 4.90 Å². The lowest BCUT2D eigenvalue weighted by Gasteiger charge is -2.28. The van der Waals surface area contributed by atoms with Crippen molar-refractivity contribution in [1.82, 2.24) is 4.72 Å². The molecule has 4 N–H and O–H groups in total. The Bertz CT molecular complexity index is 496. The van der Waals surface area contributed by atoms with E-state index < -0.39 is 35.4 Å². The number of hydrogen-bond acceptors (Lipinski definition) is 6. The van der Waals surface area contributed by atoms with Crippen molar-refractivity contribution in [3.8, 4) is 0 Å². The van der Waals surface area contributed by atoms with Gasteiger partial charge in [0.1, 0.15) is 5.54 Å². The number of sulfonamides is 1. The molecule has 0 bridgehead atoms. The van der Waals surface area contributed by atoms with Gasteiger partial charge in [0, 0.05) is 9.75 Å². The van der Waals surface area contributed by atoms with Crippen molar-refractivity contribution in [1.29, 1.82) is 0 Å². The first-order valence-electron chi connectivity index (χ1n) is 5.24. The molecule has 1 aromatic rings. The molecule has 0 spiro atoms. The zero-order valence-electron chi connectivity index (χ0n) is 10.2. The molecular weight excluding hydrogens is 278 g/mol. The van der Waals surface area contributed by atoms with Crippen LogP contribution in [0.4, 0.5) is 0 Å². The smallest absolute Gasteiger partial charge is 0.242 e. The summed E-state index contributed by atoms with van der Waals surface area (Å²) in [6.07, 6.45) is 0. The Morgan fingerprint density at radius 3 is 2.06 bits per heavy atom. The van der Waals surface area contributed by atoms with E-state index in [4.69, 9.17) is 15.3 Å². The van der Waals surface area contributed by atoms with E-state index in [1.807, 2.05) is 0 Å². The van der Waals surface area contributed by atoms with Gasteiger partial charge < -0.3 is 15.3 Å². The standard InChI is InChI=1S/C10H17NO5S2/c1-7-3-9(8(2)17-7)18(15,16)11-10(4-12,5-13)6-14/h3,11-14H,4-6H2,1-2H3. The van der Waals surface area contributed by atoms with E-state index in [1.54, 1.807) is 13.8 Å². The minimum Gasteiger partial charge on any atom is -0.394 e. The second-order valence-electron chi connectivity index (χ2n) is 4.14. The third-order valence-corrected chi connectivity index (χ3v) is 5.34. The maximum Gasteiger partial charge on any atom is 0.242 e. The number of thiophene rings is 1. The van der Waals surface area contributed by atoms with Gasteiger partial charge in [-0.05, 0) is 19.9 Å². The average molecular weight is 295 g/mol. The van der Waals surface area contributed by atoms with Crippen molar-refractivity contribution in [3.63, 3.8) is 0 Å². The predicted molar refractivity (Wildman–Crippen MR) is 68.1 cm³/mol. The molecular formula is C10H17NO5S2. The van der Waals surface area contributed by atoms with E-state index in [2.05, 4.69) is 4.72 Å². The number of rotatable bonds is 6. The van der Waals surface area contributed by atoms with Gasteiger partial charge in [-0.15, -0.1) is 11.3 Å². The first kappa shape index (κ1) is 15.5. The Labute approximate surface area is 110 Å². The van der Waals surface area contributed by atoms with Crippen LogP contribution in [-0.2, 0) is 10.0 Å². The van der Waals surface area contributed by atoms with Crippen LogP contribution in [0.25, 0.3) is 0 Å². The summed E-state index contributed by atoms with van der Waals surface area (Å²) in [7, 11) is -3.88. The SMILES string of the molecule is Cc1cc(S(=O)(=O)NC(CO)(CO)CO)c(C)s1. The second kappa shape index (κ2) is 5.64. The maximum absolute atomic E-state index is 12.1. The number of aliphatic hydroxyl groups is 3. The number of aliphatic hydroxyl groups excluding tert-OH is 3. The quantitative estimate of drug-likeness (QED) is 0.558. The largest absolute Gasteiger partial charge is 0.394 e. The van der Waals surface area contributed by atoms with Gasteiger partial charge in [0.2, 0.25) is 10.0 Å². The van der Waals surface area contributed by atoms with Crippen LogP contribution in [0.5, 0.6) is 0 Å². The molecule has 1 heterocycles. The molecule has 0 aromatic carbocycles. The van der Waals surface area contributed by atoms with Crippen molar-refractivity contribution in [2.45, 2.75) is 24.3 Å². The van der Waals surface area contributed by atoms with Crippen LogP contribution < -0.4 is 4.72 Å². The number of aryl methyl sites for hydroxylation is 2. The van der Waals surface area contributed by atoms with Crippen LogP contribution in [0.2, 0.25) is 0 Å². The molecule has 0 aliphatic rings. The molecule has 0 saturated carbocycles. The fourth-order valence-corrected chi connectivity index (χ4v) is 4.39. The zero-order chi connectivity index (χ0) is 14.0. The molecule has 0 aliphatic carbocycles. The second-order valence-corrected chi connectivity index (χ2v) is 7.25. The highest BCUT2D eigenvalue weighted by Gasteiger charge is 2.34. The lowest BCUT2D eigenvalue weighted by atomic mass is 10.1. The topological polar surface area (TPSA) is 107 Å². The van der Waals surface area contributed by atoms with E-state index in [1.165, 1.54) is 17.4 Å². The average Bonchev–Trinajstić information content (AvgIpc) is 2.66. The van der Waals surface area contributed by atoms with Crippen molar-refractivity contribution < 1.29 is 23.7 Å². The fourth-order valence-electron chi connectivity index (χ4n) is 1.46. The maximum atomic E-state index is 12.1. The lowest BCUT2D eigenvalue weighted by molar-refractivity contribution is 0.0582. The van der Waals surface area contributed by atoms with Crippen LogP contribution in [0.1, 0.15) is 9.75 Å². The van der Waals surface area contributed by atoms with Gasteiger partial charge in [-0.2, -0.15) is 4.72 Å². The highest BCUT2D eigenvalue weighted by Crippen LogP contribution is 2.25. The Morgan fingerprint density at radius 2 is 1.72 bits per heavy atom. The summed E-state index contributed by atoms with van der Waals surface area (Å²) in [5.41, 5.74) is -1.65. The molecule has 0 unspecified atom stereocenters. The van der Waals surface area contributed by atoms with Crippen molar-refractivity contribution >= 4 is 21.4 Å². The van der Waals surface area contributed by atoms with Gasteiger partial charge in [0.15, 0.2) is 0 Å². The zero-order valence-corrected chi connectivity index (χ0v) is 11.8. The van der Waals surface area contributed by atoms with Gasteiger partial charge >= 0.3 is 0 Å². The first-order chi connectivity index (χ1) is 8.30. The molecule has 1 rings (SSSR count). The summed E-state index contributed by atoms with van der Waals surface area (Å²) < 4.78 is 26.4. The normalized spacial score (nSPS) is 12.9. The summed E-state index contributed by atoms with van der Waals surface area (Å²) in [6, 6.07) is 1.51. The Balaban J connectivity index is 3.12. The Hall–Kier alpha value is -0.510. The molecule has 104 valence electrons. The van der Waals surface area contributed by atoms with Crippen LogP contribution >= 0.6 is 11.3 Å². The van der Waals surface area contributed by atoms with Gasteiger partial charge in [0.05, 0.1) is 24.7 Å². The minimum absolute atomic E-state index is 0.102. The Kier molecular flexibility index (Phi) is 4.87. The van der Waals surface area contributed by atoms with Crippen molar-refractivity contribution in [2.24, 2.45) is 0 Å². The lowest BCUT2D eigenvalue weighted by Crippen LogP contribution is -2.56. The third kappa shape index (κ3) is 3.08. The molecule has 0 aliphatic heterocycles. The predicted octanol–water partition coefficient (Wildman–Crippen LogP) is -0.641. The molecule has 1 aromatic heterocycles. The third-order valence-electron chi connectivity index (χ3n) is 2.54. The molecule has 6 nitrogen and oxygen atoms in total. The summed E-state index contributed by atoms with van der Waals surface area (Å²) in [4.78, 5) is 1.56. The molecule has 8 heteroatoms. The van der Waals surface area contributed by atoms with E-state index >= 15 is 0 Å². The summed E-state index contributed by atoms with van der Waals surface area (Å²) in [6.45, 7) is 1.38. The van der Waals surface area contributed by atoms with E-state index in [9.17, 15) is 8.42 Å². The fraction of sp³-hybridized carbons (Fsp3) is 0.600. The van der Waals surface area contributed by atoms with E-state index in [0.717, 1.165) is 4.88 Å². The summed E-state index contributed by atoms with van der Waals surface area (Å²) in [5.74, 6) is 0. The van der Waals surface area contributed by atoms with Gasteiger partial charge in [-0.3, -0.25) is 0 Å². The monoisotopic (exact) mass is 295 g/mol. The molecule has 0 amide bonds. The van der Waals surface area contributed by atoms with E-state index in [0.29, 0.717) is 4.88 Å². The van der Waals surface area contributed by atoms with Gasteiger partial charge in [-0.1, -0.05) is 0 Å². The molecule has 18 heavy (non-hydrogen) atoms. The molecule has 0 radical (unpaired) electrons. The molecule has 0 fully saturated rings. The summed E-state index contributed by atoms with van der Waals surface area (Å²) in [5, 5.41) is 27.4. The minimum atomic E-state index is -3.88. The van der Waals surface area contributed by atoms with Crippen LogP contribution in [0, 0.1) is 13.8 Å². The molecule has 0 saturated heterocycles. The molecule has 0 atom stereocenters. The van der Waals surface area contributed by atoms with Crippen LogP contribution in [-0.4, -0.2) is 49.1 Å². The van der Waals surface area contributed by atoms with Gasteiger partial charge in [0.25, 0.3) is 0 Å². The highest BCUT2D eigenvalue weighted by molar-refractivity contribution is 7.89.